The molecule has 2 nitrogen and oxygen atoms in total. The number of nitrogens with one attached hydrogen (secondary N) is 1. The van der Waals surface area contributed by atoms with Crippen molar-refractivity contribution in [2.75, 3.05) is 32.7 Å². The van der Waals surface area contributed by atoms with Crippen molar-refractivity contribution in [3.8, 4) is 0 Å². The molecule has 2 saturated heterocycles. The number of halogens is 1. The third kappa shape index (κ3) is 2.92. The van der Waals surface area contributed by atoms with Gasteiger partial charge in [-0.15, -0.1) is 0 Å². The highest BCUT2D eigenvalue weighted by molar-refractivity contribution is 4.77. The lowest BCUT2D eigenvalue weighted by molar-refractivity contribution is 0.235. The Labute approximate surface area is 85.9 Å². The zero-order chi connectivity index (χ0) is 9.80. The van der Waals surface area contributed by atoms with E-state index < -0.39 is 6.17 Å². The van der Waals surface area contributed by atoms with Crippen LogP contribution < -0.4 is 5.32 Å². The predicted octanol–water partition coefficient (Wildman–Crippen LogP) is 1.42. The average Bonchev–Trinajstić information content (AvgIpc) is 2.58. The number of alkyl halides is 1. The van der Waals surface area contributed by atoms with E-state index in [1.165, 1.54) is 19.5 Å². The molecular formula is C11H21FN2. The van der Waals surface area contributed by atoms with E-state index in [4.69, 9.17) is 0 Å². The first-order valence-electron chi connectivity index (χ1n) is 5.92. The Bertz CT molecular complexity index is 169. The lowest BCUT2D eigenvalue weighted by Gasteiger charge is -2.22. The summed E-state index contributed by atoms with van der Waals surface area (Å²) in [6, 6.07) is 0. The van der Waals surface area contributed by atoms with Gasteiger partial charge < -0.3 is 10.2 Å². The monoisotopic (exact) mass is 200 g/mol. The van der Waals surface area contributed by atoms with Crippen molar-refractivity contribution in [2.45, 2.75) is 31.9 Å². The van der Waals surface area contributed by atoms with Crippen molar-refractivity contribution in [1.82, 2.24) is 10.2 Å². The molecule has 2 aliphatic rings. The molecule has 82 valence electrons. The van der Waals surface area contributed by atoms with Crippen LogP contribution in [0, 0.1) is 5.92 Å². The lowest BCUT2D eigenvalue weighted by Crippen LogP contribution is -2.31. The molecular weight excluding hydrogens is 179 g/mol. The topological polar surface area (TPSA) is 15.3 Å². The molecule has 1 N–H and O–H groups in total. The second-order valence-electron chi connectivity index (χ2n) is 4.69. The molecule has 2 aliphatic heterocycles. The van der Waals surface area contributed by atoms with Gasteiger partial charge in [-0.1, -0.05) is 0 Å². The minimum atomic E-state index is -0.540. The van der Waals surface area contributed by atoms with E-state index >= 15 is 0 Å². The minimum Gasteiger partial charge on any atom is -0.316 e. The number of likely N-dealkylation sites (tertiary alicyclic amines) is 1. The van der Waals surface area contributed by atoms with Crippen molar-refractivity contribution in [3.63, 3.8) is 0 Å². The van der Waals surface area contributed by atoms with Gasteiger partial charge in [-0.2, -0.15) is 0 Å². The molecule has 0 radical (unpaired) electrons. The van der Waals surface area contributed by atoms with Crippen molar-refractivity contribution in [1.29, 1.82) is 0 Å². The zero-order valence-corrected chi connectivity index (χ0v) is 8.84. The van der Waals surface area contributed by atoms with Crippen LogP contribution in [0.1, 0.15) is 25.7 Å². The minimum absolute atomic E-state index is 0.540. The summed E-state index contributed by atoms with van der Waals surface area (Å²) in [6.07, 6.45) is 3.33. The normalized spacial score (nSPS) is 35.8. The number of hydrogen-bond acceptors (Lipinski definition) is 2. The maximum absolute atomic E-state index is 13.1. The van der Waals surface area contributed by atoms with Gasteiger partial charge in [0.2, 0.25) is 0 Å². The van der Waals surface area contributed by atoms with E-state index in [1.54, 1.807) is 0 Å². The lowest BCUT2D eigenvalue weighted by atomic mass is 10.1. The maximum Gasteiger partial charge on any atom is 0.101 e. The molecule has 0 aromatic heterocycles. The Morgan fingerprint density at radius 1 is 1.21 bits per heavy atom. The van der Waals surface area contributed by atoms with Gasteiger partial charge in [0.15, 0.2) is 0 Å². The highest BCUT2D eigenvalue weighted by atomic mass is 19.1. The summed E-state index contributed by atoms with van der Waals surface area (Å²) in [5, 5.41) is 3.39. The number of rotatable bonds is 2. The molecule has 3 heteroatoms. The van der Waals surface area contributed by atoms with Crippen LogP contribution >= 0.6 is 0 Å². The van der Waals surface area contributed by atoms with E-state index in [-0.39, 0.29) is 0 Å². The van der Waals surface area contributed by atoms with Crippen LogP contribution in [-0.2, 0) is 0 Å². The standard InChI is InChI=1S/C11H21FN2/c12-11-2-1-6-14(7-4-11)9-10-3-5-13-8-10/h10-11,13H,1-9H2. The van der Waals surface area contributed by atoms with E-state index in [0.29, 0.717) is 0 Å². The van der Waals surface area contributed by atoms with Gasteiger partial charge in [0.05, 0.1) is 0 Å². The molecule has 0 spiro atoms. The van der Waals surface area contributed by atoms with Gasteiger partial charge >= 0.3 is 0 Å². The van der Waals surface area contributed by atoms with Gasteiger partial charge in [0, 0.05) is 13.1 Å². The third-order valence-corrected chi connectivity index (χ3v) is 3.43. The van der Waals surface area contributed by atoms with Crippen molar-refractivity contribution in [2.24, 2.45) is 5.92 Å². The van der Waals surface area contributed by atoms with Crippen LogP contribution in [0.4, 0.5) is 4.39 Å². The van der Waals surface area contributed by atoms with Crippen LogP contribution in [0.5, 0.6) is 0 Å². The summed E-state index contributed by atoms with van der Waals surface area (Å²) in [7, 11) is 0. The number of hydrogen-bond donors (Lipinski definition) is 1. The van der Waals surface area contributed by atoms with E-state index in [1.807, 2.05) is 0 Å². The van der Waals surface area contributed by atoms with E-state index in [0.717, 1.165) is 44.8 Å². The fourth-order valence-electron chi connectivity index (χ4n) is 2.53. The highest BCUT2D eigenvalue weighted by Crippen LogP contribution is 2.16. The first-order chi connectivity index (χ1) is 6.84. The molecule has 2 fully saturated rings. The molecule has 0 aromatic carbocycles. The zero-order valence-electron chi connectivity index (χ0n) is 8.84. The first kappa shape index (κ1) is 10.4. The van der Waals surface area contributed by atoms with Crippen LogP contribution in [0.3, 0.4) is 0 Å². The Morgan fingerprint density at radius 3 is 2.93 bits per heavy atom. The molecule has 0 bridgehead atoms. The van der Waals surface area contributed by atoms with Crippen molar-refractivity contribution < 1.29 is 4.39 Å². The molecule has 2 rings (SSSR count). The maximum atomic E-state index is 13.1. The van der Waals surface area contributed by atoms with E-state index in [9.17, 15) is 4.39 Å². The molecule has 2 heterocycles. The summed E-state index contributed by atoms with van der Waals surface area (Å²) in [5.41, 5.74) is 0. The van der Waals surface area contributed by atoms with Crippen LogP contribution in [-0.4, -0.2) is 43.8 Å². The SMILES string of the molecule is FC1CCCN(CC2CCNC2)CC1. The smallest absolute Gasteiger partial charge is 0.101 e. The first-order valence-corrected chi connectivity index (χ1v) is 5.92. The van der Waals surface area contributed by atoms with Crippen LogP contribution in [0.15, 0.2) is 0 Å². The summed E-state index contributed by atoms with van der Waals surface area (Å²) < 4.78 is 13.1. The summed E-state index contributed by atoms with van der Waals surface area (Å²) in [6.45, 7) is 5.59. The average molecular weight is 200 g/mol. The second-order valence-corrected chi connectivity index (χ2v) is 4.69. The summed E-state index contributed by atoms with van der Waals surface area (Å²) in [5.74, 6) is 0.811. The number of nitrogens with zero attached hydrogens (tertiary/aromatic N) is 1. The Kier molecular flexibility index (Phi) is 3.76. The van der Waals surface area contributed by atoms with Gasteiger partial charge in [-0.05, 0) is 51.2 Å². The fraction of sp³-hybridized carbons (Fsp3) is 1.00. The van der Waals surface area contributed by atoms with Crippen molar-refractivity contribution >= 4 is 0 Å². The molecule has 0 aliphatic carbocycles. The van der Waals surface area contributed by atoms with Crippen molar-refractivity contribution in [3.05, 3.63) is 0 Å². The second kappa shape index (κ2) is 5.08. The Hall–Kier alpha value is -0.150. The fourth-order valence-corrected chi connectivity index (χ4v) is 2.53. The molecule has 0 saturated carbocycles. The molecule has 14 heavy (non-hydrogen) atoms. The van der Waals surface area contributed by atoms with E-state index in [2.05, 4.69) is 10.2 Å². The van der Waals surface area contributed by atoms with Crippen LogP contribution in [0.25, 0.3) is 0 Å². The Balaban J connectivity index is 1.73. The third-order valence-electron chi connectivity index (χ3n) is 3.43. The summed E-state index contributed by atoms with van der Waals surface area (Å²) in [4.78, 5) is 2.46. The quantitative estimate of drug-likeness (QED) is 0.725. The van der Waals surface area contributed by atoms with Crippen LogP contribution in [0.2, 0.25) is 0 Å². The van der Waals surface area contributed by atoms with Gasteiger partial charge in [-0.25, -0.2) is 4.39 Å². The Morgan fingerprint density at radius 2 is 2.14 bits per heavy atom. The van der Waals surface area contributed by atoms with Gasteiger partial charge in [0.25, 0.3) is 0 Å². The molecule has 2 unspecified atom stereocenters. The largest absolute Gasteiger partial charge is 0.316 e. The molecule has 2 atom stereocenters. The van der Waals surface area contributed by atoms with Gasteiger partial charge in [0.1, 0.15) is 6.17 Å². The molecule has 0 amide bonds. The summed E-state index contributed by atoms with van der Waals surface area (Å²) >= 11 is 0. The highest BCUT2D eigenvalue weighted by Gasteiger charge is 2.21. The molecule has 0 aromatic rings. The predicted molar refractivity (Wildman–Crippen MR) is 56.2 cm³/mol. The van der Waals surface area contributed by atoms with Gasteiger partial charge in [-0.3, -0.25) is 0 Å².